The van der Waals surface area contributed by atoms with Gasteiger partial charge in [0.1, 0.15) is 17.5 Å². The number of anilines is 1. The van der Waals surface area contributed by atoms with Crippen molar-refractivity contribution in [3.63, 3.8) is 0 Å². The van der Waals surface area contributed by atoms with E-state index in [0.29, 0.717) is 45.3 Å². The Kier molecular flexibility index (Phi) is 6.81. The van der Waals surface area contributed by atoms with E-state index < -0.39 is 0 Å². The topological polar surface area (TPSA) is 80.1 Å². The first kappa shape index (κ1) is 20.8. The molecule has 1 heterocycles. The van der Waals surface area contributed by atoms with Crippen molar-refractivity contribution in [1.29, 1.82) is 5.26 Å². The van der Waals surface area contributed by atoms with Gasteiger partial charge in [-0.3, -0.25) is 0 Å². The quantitative estimate of drug-likeness (QED) is 0.419. The first-order valence-electron chi connectivity index (χ1n) is 8.66. The molecule has 3 aromatic rings. The van der Waals surface area contributed by atoms with Gasteiger partial charge in [0, 0.05) is 17.1 Å². The van der Waals surface area contributed by atoms with Gasteiger partial charge in [-0.2, -0.15) is 5.26 Å². The van der Waals surface area contributed by atoms with E-state index in [0.717, 1.165) is 11.1 Å². The van der Waals surface area contributed by atoms with E-state index in [2.05, 4.69) is 21.4 Å². The molecule has 0 fully saturated rings. The molecule has 1 N–H and O–H groups in total. The Morgan fingerprint density at radius 1 is 1.07 bits per heavy atom. The summed E-state index contributed by atoms with van der Waals surface area (Å²) in [7, 11) is 3.15. The number of rotatable bonds is 7. The zero-order valence-electron chi connectivity index (χ0n) is 16.2. The van der Waals surface area contributed by atoms with Crippen LogP contribution in [0.25, 0.3) is 11.3 Å². The second-order valence-electron chi connectivity index (χ2n) is 5.94. The van der Waals surface area contributed by atoms with Gasteiger partial charge in [-0.15, -0.1) is 0 Å². The van der Waals surface area contributed by atoms with Crippen molar-refractivity contribution >= 4 is 29.2 Å². The highest BCUT2D eigenvalue weighted by atomic mass is 35.5. The van der Waals surface area contributed by atoms with Gasteiger partial charge < -0.3 is 14.8 Å². The van der Waals surface area contributed by atoms with E-state index in [1.54, 1.807) is 26.4 Å². The van der Waals surface area contributed by atoms with Gasteiger partial charge in [-0.25, -0.2) is 9.97 Å². The molecular weight excluding hydrogens is 408 g/mol. The van der Waals surface area contributed by atoms with Gasteiger partial charge in [0.2, 0.25) is 0 Å². The van der Waals surface area contributed by atoms with Crippen LogP contribution in [0.3, 0.4) is 0 Å². The van der Waals surface area contributed by atoms with Crippen LogP contribution in [0.4, 0.5) is 5.82 Å². The maximum atomic E-state index is 9.83. The lowest BCUT2D eigenvalue weighted by Gasteiger charge is -2.14. The molecule has 0 saturated carbocycles. The molecule has 0 spiro atoms. The van der Waals surface area contributed by atoms with Crippen LogP contribution < -0.4 is 14.8 Å². The van der Waals surface area contributed by atoms with Gasteiger partial charge in [0.25, 0.3) is 0 Å². The average Bonchev–Trinajstić information content (AvgIpc) is 2.77. The predicted octanol–water partition coefficient (Wildman–Crippen LogP) is 5.02. The number of hydrogen-bond donors (Lipinski definition) is 1. The molecule has 8 heteroatoms. The van der Waals surface area contributed by atoms with E-state index >= 15 is 0 Å². The van der Waals surface area contributed by atoms with Crippen LogP contribution in [0.2, 0.25) is 5.02 Å². The molecule has 0 unspecified atom stereocenters. The third-order valence-corrected chi connectivity index (χ3v) is 5.01. The standard InChI is InChI=1S/C21H19ClN4O2S/c1-27-17-9-6-14(10-18(17)28-2)19-16(11-23)20(26-21(25-19)29-3)24-12-13-4-7-15(22)8-5-13/h4-10H,12H2,1-3H3,(H,24,25,26). The maximum Gasteiger partial charge on any atom is 0.189 e. The molecule has 29 heavy (non-hydrogen) atoms. The first-order valence-corrected chi connectivity index (χ1v) is 10.3. The fourth-order valence-corrected chi connectivity index (χ4v) is 3.24. The third-order valence-electron chi connectivity index (χ3n) is 4.21. The van der Waals surface area contributed by atoms with Crippen molar-refractivity contribution in [2.75, 3.05) is 25.8 Å². The minimum atomic E-state index is 0.365. The number of ether oxygens (including phenoxy) is 2. The zero-order chi connectivity index (χ0) is 20.8. The van der Waals surface area contributed by atoms with Gasteiger partial charge in [0.15, 0.2) is 16.7 Å². The molecule has 6 nitrogen and oxygen atoms in total. The summed E-state index contributed by atoms with van der Waals surface area (Å²) in [6, 6.07) is 15.2. The third kappa shape index (κ3) is 4.73. The summed E-state index contributed by atoms with van der Waals surface area (Å²) in [5.41, 5.74) is 2.66. The van der Waals surface area contributed by atoms with E-state index in [-0.39, 0.29) is 0 Å². The monoisotopic (exact) mass is 426 g/mol. The predicted molar refractivity (Wildman–Crippen MR) is 116 cm³/mol. The summed E-state index contributed by atoms with van der Waals surface area (Å²) in [6.45, 7) is 0.502. The van der Waals surface area contributed by atoms with Crippen molar-refractivity contribution in [3.05, 3.63) is 58.6 Å². The van der Waals surface area contributed by atoms with Crippen LogP contribution in [0.5, 0.6) is 11.5 Å². The molecule has 2 aromatic carbocycles. The van der Waals surface area contributed by atoms with E-state index in [1.807, 2.05) is 36.6 Å². The number of halogens is 1. The lowest BCUT2D eigenvalue weighted by Crippen LogP contribution is -2.07. The smallest absolute Gasteiger partial charge is 0.189 e. The summed E-state index contributed by atoms with van der Waals surface area (Å²) in [5, 5.41) is 14.3. The Labute approximate surface area is 178 Å². The number of nitrogens with one attached hydrogen (secondary N) is 1. The number of hydrogen-bond acceptors (Lipinski definition) is 7. The number of nitriles is 1. The van der Waals surface area contributed by atoms with Gasteiger partial charge in [-0.1, -0.05) is 35.5 Å². The largest absolute Gasteiger partial charge is 0.493 e. The Hall–Kier alpha value is -2.95. The van der Waals surface area contributed by atoms with Crippen LogP contribution in [0, 0.1) is 11.3 Å². The summed E-state index contributed by atoms with van der Waals surface area (Å²) < 4.78 is 10.7. The number of aromatic nitrogens is 2. The molecule has 0 aliphatic carbocycles. The molecule has 3 rings (SSSR count). The van der Waals surface area contributed by atoms with Crippen LogP contribution in [-0.2, 0) is 6.54 Å². The molecule has 0 saturated heterocycles. The Balaban J connectivity index is 2.02. The SMILES string of the molecule is COc1ccc(-c2nc(SC)nc(NCc3ccc(Cl)cc3)c2C#N)cc1OC. The molecule has 0 aliphatic heterocycles. The fourth-order valence-electron chi connectivity index (χ4n) is 2.75. The van der Waals surface area contributed by atoms with Gasteiger partial charge in [0.05, 0.1) is 19.9 Å². The molecule has 0 aliphatic rings. The van der Waals surface area contributed by atoms with Crippen molar-refractivity contribution in [2.24, 2.45) is 0 Å². The zero-order valence-corrected chi connectivity index (χ0v) is 17.8. The van der Waals surface area contributed by atoms with E-state index in [4.69, 9.17) is 21.1 Å². The molecule has 148 valence electrons. The van der Waals surface area contributed by atoms with E-state index in [1.165, 1.54) is 11.8 Å². The first-order chi connectivity index (χ1) is 14.1. The highest BCUT2D eigenvalue weighted by Gasteiger charge is 2.17. The highest BCUT2D eigenvalue weighted by molar-refractivity contribution is 7.98. The Morgan fingerprint density at radius 2 is 1.79 bits per heavy atom. The normalized spacial score (nSPS) is 10.3. The minimum Gasteiger partial charge on any atom is -0.493 e. The van der Waals surface area contributed by atoms with Crippen molar-refractivity contribution in [1.82, 2.24) is 9.97 Å². The van der Waals surface area contributed by atoms with Crippen LogP contribution in [0.15, 0.2) is 47.6 Å². The molecular formula is C21H19ClN4O2S. The summed E-state index contributed by atoms with van der Waals surface area (Å²) >= 11 is 7.35. The molecule has 0 atom stereocenters. The van der Waals surface area contributed by atoms with Crippen molar-refractivity contribution in [3.8, 4) is 28.8 Å². The number of methoxy groups -OCH3 is 2. The highest BCUT2D eigenvalue weighted by Crippen LogP contribution is 2.35. The number of benzene rings is 2. The molecule has 0 radical (unpaired) electrons. The minimum absolute atomic E-state index is 0.365. The van der Waals surface area contributed by atoms with Crippen LogP contribution >= 0.6 is 23.4 Å². The van der Waals surface area contributed by atoms with Crippen molar-refractivity contribution < 1.29 is 9.47 Å². The number of thioether (sulfide) groups is 1. The average molecular weight is 427 g/mol. The van der Waals surface area contributed by atoms with Crippen LogP contribution in [0.1, 0.15) is 11.1 Å². The second-order valence-corrected chi connectivity index (χ2v) is 7.15. The number of nitrogens with zero attached hydrogens (tertiary/aromatic N) is 3. The van der Waals surface area contributed by atoms with Crippen molar-refractivity contribution in [2.45, 2.75) is 11.7 Å². The maximum absolute atomic E-state index is 9.83. The molecule has 0 amide bonds. The summed E-state index contributed by atoms with van der Waals surface area (Å²) in [6.07, 6.45) is 1.89. The summed E-state index contributed by atoms with van der Waals surface area (Å²) in [5.74, 6) is 1.65. The second kappa shape index (κ2) is 9.50. The van der Waals surface area contributed by atoms with Gasteiger partial charge >= 0.3 is 0 Å². The Bertz CT molecular complexity index is 1050. The van der Waals surface area contributed by atoms with Gasteiger partial charge in [-0.05, 0) is 42.2 Å². The van der Waals surface area contributed by atoms with Crippen LogP contribution in [-0.4, -0.2) is 30.4 Å². The Morgan fingerprint density at radius 3 is 2.41 bits per heavy atom. The van der Waals surface area contributed by atoms with E-state index in [9.17, 15) is 5.26 Å². The lowest BCUT2D eigenvalue weighted by molar-refractivity contribution is 0.355. The lowest BCUT2D eigenvalue weighted by atomic mass is 10.1. The molecule has 0 bridgehead atoms. The molecule has 1 aromatic heterocycles. The fraction of sp³-hybridized carbons (Fsp3) is 0.190. The summed E-state index contributed by atoms with van der Waals surface area (Å²) in [4.78, 5) is 9.06.